The molecule has 0 spiro atoms. The molecule has 22 heavy (non-hydrogen) atoms. The standard InChI is InChI=1S/C13H8F3N5S/c14-13(15,16)8-1-3-18-11(5-8)20-10-2-4-19-12(21-10)9-6-17-7-22-9/h1-7H,(H,18,19,20,21). The van der Waals surface area contributed by atoms with E-state index >= 15 is 0 Å². The molecule has 9 heteroatoms. The maximum absolute atomic E-state index is 12.7. The maximum atomic E-state index is 12.7. The third-order valence-electron chi connectivity index (χ3n) is 2.65. The first-order chi connectivity index (χ1) is 10.5. The van der Waals surface area contributed by atoms with Gasteiger partial charge in [-0.15, -0.1) is 11.3 Å². The van der Waals surface area contributed by atoms with E-state index in [-0.39, 0.29) is 5.82 Å². The van der Waals surface area contributed by atoms with Gasteiger partial charge in [0.15, 0.2) is 5.82 Å². The maximum Gasteiger partial charge on any atom is 0.416 e. The number of hydrogen-bond acceptors (Lipinski definition) is 6. The molecule has 0 bridgehead atoms. The van der Waals surface area contributed by atoms with Gasteiger partial charge < -0.3 is 5.32 Å². The molecule has 0 amide bonds. The van der Waals surface area contributed by atoms with E-state index in [1.54, 1.807) is 17.8 Å². The lowest BCUT2D eigenvalue weighted by Gasteiger charge is -2.09. The fourth-order valence-corrected chi connectivity index (χ4v) is 2.24. The van der Waals surface area contributed by atoms with E-state index in [0.717, 1.165) is 23.2 Å². The van der Waals surface area contributed by atoms with Gasteiger partial charge in [-0.25, -0.2) is 15.0 Å². The van der Waals surface area contributed by atoms with E-state index < -0.39 is 11.7 Å². The lowest BCUT2D eigenvalue weighted by molar-refractivity contribution is -0.137. The largest absolute Gasteiger partial charge is 0.416 e. The number of alkyl halides is 3. The van der Waals surface area contributed by atoms with Gasteiger partial charge in [0.25, 0.3) is 0 Å². The van der Waals surface area contributed by atoms with Crippen LogP contribution in [-0.2, 0) is 6.18 Å². The van der Waals surface area contributed by atoms with Crippen molar-refractivity contribution in [1.82, 2.24) is 19.9 Å². The number of anilines is 2. The van der Waals surface area contributed by atoms with Crippen LogP contribution in [0.1, 0.15) is 5.56 Å². The van der Waals surface area contributed by atoms with Gasteiger partial charge in [-0.3, -0.25) is 4.98 Å². The van der Waals surface area contributed by atoms with Crippen LogP contribution in [0.5, 0.6) is 0 Å². The summed E-state index contributed by atoms with van der Waals surface area (Å²) in [5, 5.41) is 2.74. The molecule has 0 saturated carbocycles. The second-order valence-electron chi connectivity index (χ2n) is 4.18. The van der Waals surface area contributed by atoms with E-state index in [9.17, 15) is 13.2 Å². The van der Waals surface area contributed by atoms with Gasteiger partial charge in [-0.1, -0.05) is 0 Å². The smallest absolute Gasteiger partial charge is 0.325 e. The van der Waals surface area contributed by atoms with Crippen molar-refractivity contribution in [1.29, 1.82) is 0 Å². The highest BCUT2D eigenvalue weighted by Gasteiger charge is 2.30. The highest BCUT2D eigenvalue weighted by atomic mass is 32.1. The zero-order valence-corrected chi connectivity index (χ0v) is 11.7. The number of pyridine rings is 1. The molecule has 0 aliphatic heterocycles. The van der Waals surface area contributed by atoms with Gasteiger partial charge >= 0.3 is 6.18 Å². The molecule has 0 unspecified atom stereocenters. The molecule has 0 aliphatic carbocycles. The Balaban J connectivity index is 1.86. The SMILES string of the molecule is FC(F)(F)c1ccnc(Nc2ccnc(-c3cncs3)n2)c1. The summed E-state index contributed by atoms with van der Waals surface area (Å²) in [7, 11) is 0. The topological polar surface area (TPSA) is 63.6 Å². The molecule has 112 valence electrons. The molecule has 0 saturated heterocycles. The predicted octanol–water partition coefficient (Wildman–Crippen LogP) is 3.76. The lowest BCUT2D eigenvalue weighted by Crippen LogP contribution is -2.06. The zero-order chi connectivity index (χ0) is 15.6. The highest BCUT2D eigenvalue weighted by molar-refractivity contribution is 7.13. The molecule has 3 rings (SSSR count). The van der Waals surface area contributed by atoms with Gasteiger partial charge in [0.1, 0.15) is 11.6 Å². The molecule has 3 aromatic rings. The lowest BCUT2D eigenvalue weighted by atomic mass is 10.2. The van der Waals surface area contributed by atoms with Crippen molar-refractivity contribution in [3.05, 3.63) is 47.9 Å². The van der Waals surface area contributed by atoms with Crippen LogP contribution in [0.2, 0.25) is 0 Å². The van der Waals surface area contributed by atoms with Gasteiger partial charge in [-0.2, -0.15) is 13.2 Å². The summed E-state index contributed by atoms with van der Waals surface area (Å²) in [6.07, 6.45) is -0.195. The van der Waals surface area contributed by atoms with Crippen LogP contribution >= 0.6 is 11.3 Å². The van der Waals surface area contributed by atoms with E-state index in [4.69, 9.17) is 0 Å². The summed E-state index contributed by atoms with van der Waals surface area (Å²) in [6.45, 7) is 0. The van der Waals surface area contributed by atoms with Crippen LogP contribution in [0.15, 0.2) is 42.3 Å². The van der Waals surface area contributed by atoms with Gasteiger partial charge in [0.05, 0.1) is 16.0 Å². The summed E-state index contributed by atoms with van der Waals surface area (Å²) in [4.78, 5) is 16.9. The molecule has 0 aliphatic rings. The summed E-state index contributed by atoms with van der Waals surface area (Å²) >= 11 is 1.37. The Bertz CT molecular complexity index is 773. The monoisotopic (exact) mass is 323 g/mol. The summed E-state index contributed by atoms with van der Waals surface area (Å²) in [5.41, 5.74) is 0.870. The number of halogens is 3. The Hall–Kier alpha value is -2.55. The zero-order valence-electron chi connectivity index (χ0n) is 10.9. The Kier molecular flexibility index (Phi) is 3.72. The molecule has 3 heterocycles. The number of thiazole rings is 1. The molecule has 1 N–H and O–H groups in total. The highest BCUT2D eigenvalue weighted by Crippen LogP contribution is 2.30. The second kappa shape index (κ2) is 5.68. The number of aromatic nitrogens is 4. The van der Waals surface area contributed by atoms with Crippen molar-refractivity contribution in [3.63, 3.8) is 0 Å². The van der Waals surface area contributed by atoms with Crippen molar-refractivity contribution >= 4 is 23.0 Å². The first kappa shape index (κ1) is 14.4. The van der Waals surface area contributed by atoms with Gasteiger partial charge in [0.2, 0.25) is 0 Å². The molecular formula is C13H8F3N5S. The molecule has 0 radical (unpaired) electrons. The second-order valence-corrected chi connectivity index (χ2v) is 5.07. The van der Waals surface area contributed by atoms with E-state index in [1.807, 2.05) is 0 Å². The predicted molar refractivity (Wildman–Crippen MR) is 75.7 cm³/mol. The van der Waals surface area contributed by atoms with E-state index in [1.165, 1.54) is 17.5 Å². The normalized spacial score (nSPS) is 11.4. The summed E-state index contributed by atoms with van der Waals surface area (Å²) < 4.78 is 38.0. The Morgan fingerprint density at radius 1 is 1.05 bits per heavy atom. The first-order valence-corrected chi connectivity index (χ1v) is 6.92. The van der Waals surface area contributed by atoms with E-state index in [0.29, 0.717) is 11.6 Å². The van der Waals surface area contributed by atoms with Crippen LogP contribution in [0.3, 0.4) is 0 Å². The molecule has 0 fully saturated rings. The summed E-state index contributed by atoms with van der Waals surface area (Å²) in [5.74, 6) is 0.855. The van der Waals surface area contributed by atoms with Gasteiger partial charge in [0, 0.05) is 18.6 Å². The van der Waals surface area contributed by atoms with E-state index in [2.05, 4.69) is 25.3 Å². The van der Waals surface area contributed by atoms with Crippen LogP contribution in [-0.4, -0.2) is 19.9 Å². The minimum absolute atomic E-state index is 0.0591. The average Bonchev–Trinajstić information content (AvgIpc) is 3.01. The van der Waals surface area contributed by atoms with Crippen LogP contribution in [0, 0.1) is 0 Å². The molecular weight excluding hydrogens is 315 g/mol. The van der Waals surface area contributed by atoms with Gasteiger partial charge in [-0.05, 0) is 18.2 Å². The van der Waals surface area contributed by atoms with Crippen LogP contribution < -0.4 is 5.32 Å². The number of hydrogen-bond donors (Lipinski definition) is 1. The molecule has 0 atom stereocenters. The molecule has 3 aromatic heterocycles. The molecule has 0 aromatic carbocycles. The summed E-state index contributed by atoms with van der Waals surface area (Å²) in [6, 6.07) is 3.38. The Morgan fingerprint density at radius 3 is 2.59 bits per heavy atom. The number of rotatable bonds is 3. The third-order valence-corrected chi connectivity index (χ3v) is 3.42. The fourth-order valence-electron chi connectivity index (χ4n) is 1.68. The molecule has 5 nitrogen and oxygen atoms in total. The van der Waals surface area contributed by atoms with Crippen molar-refractivity contribution in [2.75, 3.05) is 5.32 Å². The average molecular weight is 323 g/mol. The van der Waals surface area contributed by atoms with Crippen molar-refractivity contribution < 1.29 is 13.2 Å². The third kappa shape index (κ3) is 3.19. The van der Waals surface area contributed by atoms with Crippen molar-refractivity contribution in [3.8, 4) is 10.7 Å². The quantitative estimate of drug-likeness (QED) is 0.795. The minimum Gasteiger partial charge on any atom is -0.325 e. The Labute approximate surface area is 126 Å². The fraction of sp³-hybridized carbons (Fsp3) is 0.0769. The number of nitrogens with zero attached hydrogens (tertiary/aromatic N) is 4. The Morgan fingerprint density at radius 2 is 1.86 bits per heavy atom. The van der Waals surface area contributed by atoms with Crippen molar-refractivity contribution in [2.24, 2.45) is 0 Å². The number of nitrogens with one attached hydrogen (secondary N) is 1. The van der Waals surface area contributed by atoms with Crippen molar-refractivity contribution in [2.45, 2.75) is 6.18 Å². The first-order valence-electron chi connectivity index (χ1n) is 6.04. The minimum atomic E-state index is -4.42. The van der Waals surface area contributed by atoms with Crippen LogP contribution in [0.25, 0.3) is 10.7 Å². The van der Waals surface area contributed by atoms with Crippen LogP contribution in [0.4, 0.5) is 24.8 Å².